The Morgan fingerprint density at radius 3 is 2.50 bits per heavy atom. The van der Waals surface area contributed by atoms with Crippen molar-refractivity contribution in [2.45, 2.75) is 0 Å². The van der Waals surface area contributed by atoms with Gasteiger partial charge in [-0.1, -0.05) is 35.3 Å². The van der Waals surface area contributed by atoms with Crippen molar-refractivity contribution in [1.82, 2.24) is 10.2 Å². The normalized spacial score (nSPS) is 10.9. The first-order valence-electron chi connectivity index (χ1n) is 5.61. The number of nitrogen functional groups attached to an aromatic ring is 1. The van der Waals surface area contributed by atoms with Crippen LogP contribution >= 0.6 is 34.5 Å². The summed E-state index contributed by atoms with van der Waals surface area (Å²) in [5.74, 6) is 0.0129. The number of nitrogens with zero attached hydrogens (tertiary/aromatic N) is 1. The zero-order valence-corrected chi connectivity index (χ0v) is 12.3. The molecule has 20 heavy (non-hydrogen) atoms. The second-order valence-corrected chi connectivity index (χ2v) is 6.39. The number of aromatic amines is 1. The highest BCUT2D eigenvalue weighted by molar-refractivity contribution is 7.20. The van der Waals surface area contributed by atoms with Gasteiger partial charge in [0.1, 0.15) is 10.2 Å². The summed E-state index contributed by atoms with van der Waals surface area (Å²) in [6, 6.07) is 7.76. The molecule has 2 aromatic heterocycles. The second-order valence-electron chi connectivity index (χ2n) is 4.10. The summed E-state index contributed by atoms with van der Waals surface area (Å²) >= 11 is 13.4. The van der Waals surface area contributed by atoms with Crippen molar-refractivity contribution in [3.63, 3.8) is 0 Å². The third-order valence-electron chi connectivity index (χ3n) is 2.85. The van der Waals surface area contributed by atoms with E-state index >= 15 is 0 Å². The minimum Gasteiger partial charge on any atom is -0.382 e. The van der Waals surface area contributed by atoms with Crippen LogP contribution in [0.3, 0.4) is 0 Å². The van der Waals surface area contributed by atoms with Crippen molar-refractivity contribution < 1.29 is 4.39 Å². The number of hydrogen-bond acceptors (Lipinski definition) is 3. The molecule has 2 heterocycles. The molecular formula is C13H8Cl2FN3S. The molecule has 3 rings (SSSR count). The molecule has 0 aliphatic rings. The van der Waals surface area contributed by atoms with Crippen LogP contribution in [-0.4, -0.2) is 10.2 Å². The zero-order valence-electron chi connectivity index (χ0n) is 9.95. The Morgan fingerprint density at radius 2 is 1.90 bits per heavy atom. The lowest BCUT2D eigenvalue weighted by Gasteiger charge is -2.03. The molecule has 3 N–H and O–H groups in total. The fraction of sp³-hybridized carbons (Fsp3) is 0. The molecule has 102 valence electrons. The molecule has 0 aliphatic carbocycles. The third-order valence-corrected chi connectivity index (χ3v) is 4.34. The maximum absolute atomic E-state index is 13.0. The van der Waals surface area contributed by atoms with Gasteiger partial charge in [0.25, 0.3) is 0 Å². The maximum atomic E-state index is 13.0. The molecule has 0 atom stereocenters. The highest BCUT2D eigenvalue weighted by Gasteiger charge is 2.18. The lowest BCUT2D eigenvalue weighted by molar-refractivity contribution is 0.628. The Labute approximate surface area is 128 Å². The fourth-order valence-corrected chi connectivity index (χ4v) is 3.45. The van der Waals surface area contributed by atoms with Crippen LogP contribution in [0.2, 0.25) is 8.67 Å². The standard InChI is InChI=1S/C13H8Cl2FN3S/c14-9-5-8(12(15)20-9)11-10(13(17)19-18-11)6-1-3-7(16)4-2-6/h1-5H,(H3,17,18,19). The first-order chi connectivity index (χ1) is 9.56. The van der Waals surface area contributed by atoms with E-state index in [2.05, 4.69) is 10.2 Å². The smallest absolute Gasteiger partial charge is 0.153 e. The van der Waals surface area contributed by atoms with E-state index in [0.717, 1.165) is 11.1 Å². The van der Waals surface area contributed by atoms with Crippen molar-refractivity contribution in [2.75, 3.05) is 5.73 Å². The van der Waals surface area contributed by atoms with Gasteiger partial charge in [-0.15, -0.1) is 11.3 Å². The van der Waals surface area contributed by atoms with E-state index in [1.54, 1.807) is 18.2 Å². The molecule has 7 heteroatoms. The quantitative estimate of drug-likeness (QED) is 0.708. The molecule has 0 bridgehead atoms. The monoisotopic (exact) mass is 327 g/mol. The van der Waals surface area contributed by atoms with Crippen LogP contribution in [0, 0.1) is 5.82 Å². The minimum absolute atomic E-state index is 0.311. The lowest BCUT2D eigenvalue weighted by atomic mass is 10.0. The molecule has 3 nitrogen and oxygen atoms in total. The summed E-state index contributed by atoms with van der Waals surface area (Å²) in [6.45, 7) is 0. The summed E-state index contributed by atoms with van der Waals surface area (Å²) in [6.07, 6.45) is 0. The Bertz CT molecular complexity index is 765. The first kappa shape index (κ1) is 13.4. The Morgan fingerprint density at radius 1 is 1.20 bits per heavy atom. The van der Waals surface area contributed by atoms with Crippen LogP contribution in [0.25, 0.3) is 22.4 Å². The number of nitrogens with one attached hydrogen (secondary N) is 1. The predicted octanol–water partition coefficient (Wildman–Crippen LogP) is 4.83. The van der Waals surface area contributed by atoms with Crippen molar-refractivity contribution in [3.8, 4) is 22.4 Å². The van der Waals surface area contributed by atoms with Gasteiger partial charge in [-0.3, -0.25) is 5.10 Å². The van der Waals surface area contributed by atoms with E-state index in [0.29, 0.717) is 25.7 Å². The third kappa shape index (κ3) is 2.28. The zero-order chi connectivity index (χ0) is 14.3. The molecule has 0 unspecified atom stereocenters. The van der Waals surface area contributed by atoms with Crippen molar-refractivity contribution in [1.29, 1.82) is 0 Å². The molecule has 0 radical (unpaired) electrons. The van der Waals surface area contributed by atoms with Crippen LogP contribution in [0.4, 0.5) is 10.2 Å². The molecule has 3 aromatic rings. The van der Waals surface area contributed by atoms with Gasteiger partial charge in [0.2, 0.25) is 0 Å². The molecule has 0 saturated carbocycles. The van der Waals surface area contributed by atoms with E-state index in [9.17, 15) is 4.39 Å². The van der Waals surface area contributed by atoms with E-state index < -0.39 is 0 Å². The van der Waals surface area contributed by atoms with Gasteiger partial charge in [0.15, 0.2) is 5.82 Å². The van der Waals surface area contributed by atoms with Crippen LogP contribution in [0.5, 0.6) is 0 Å². The Hall–Kier alpha value is -1.56. The largest absolute Gasteiger partial charge is 0.382 e. The SMILES string of the molecule is Nc1n[nH]c(-c2cc(Cl)sc2Cl)c1-c1ccc(F)cc1. The second kappa shape index (κ2) is 5.09. The van der Waals surface area contributed by atoms with Crippen LogP contribution in [0.1, 0.15) is 0 Å². The van der Waals surface area contributed by atoms with Crippen LogP contribution < -0.4 is 5.73 Å². The molecule has 0 fully saturated rings. The number of aromatic nitrogens is 2. The summed E-state index contributed by atoms with van der Waals surface area (Å²) in [5.41, 5.74) is 8.73. The number of benzene rings is 1. The number of nitrogens with two attached hydrogens (primary N) is 1. The minimum atomic E-state index is -0.311. The van der Waals surface area contributed by atoms with Gasteiger partial charge in [-0.25, -0.2) is 4.39 Å². The average molecular weight is 328 g/mol. The van der Waals surface area contributed by atoms with Crippen molar-refractivity contribution in [2.24, 2.45) is 0 Å². The lowest BCUT2D eigenvalue weighted by Crippen LogP contribution is -1.88. The van der Waals surface area contributed by atoms with E-state index in [-0.39, 0.29) is 5.82 Å². The summed E-state index contributed by atoms with van der Waals surface area (Å²) in [7, 11) is 0. The average Bonchev–Trinajstić information content (AvgIpc) is 2.93. The molecule has 0 saturated heterocycles. The van der Waals surface area contributed by atoms with Gasteiger partial charge in [0, 0.05) is 5.56 Å². The first-order valence-corrected chi connectivity index (χ1v) is 7.18. The topological polar surface area (TPSA) is 54.7 Å². The fourth-order valence-electron chi connectivity index (χ4n) is 1.97. The molecular weight excluding hydrogens is 320 g/mol. The summed E-state index contributed by atoms with van der Waals surface area (Å²) in [4.78, 5) is 0. The Balaban J connectivity index is 2.19. The Kier molecular flexibility index (Phi) is 3.41. The van der Waals surface area contributed by atoms with E-state index in [4.69, 9.17) is 28.9 Å². The number of halogens is 3. The number of hydrogen-bond donors (Lipinski definition) is 2. The number of rotatable bonds is 2. The van der Waals surface area contributed by atoms with E-state index in [1.165, 1.54) is 23.5 Å². The maximum Gasteiger partial charge on any atom is 0.153 e. The van der Waals surface area contributed by atoms with Crippen LogP contribution in [-0.2, 0) is 0 Å². The number of anilines is 1. The summed E-state index contributed by atoms with van der Waals surface area (Å²) in [5, 5.41) is 6.86. The highest BCUT2D eigenvalue weighted by Crippen LogP contribution is 2.42. The summed E-state index contributed by atoms with van der Waals surface area (Å²) < 4.78 is 14.1. The van der Waals surface area contributed by atoms with Gasteiger partial charge < -0.3 is 5.73 Å². The van der Waals surface area contributed by atoms with Crippen molar-refractivity contribution in [3.05, 3.63) is 44.8 Å². The van der Waals surface area contributed by atoms with Gasteiger partial charge in [-0.2, -0.15) is 5.10 Å². The highest BCUT2D eigenvalue weighted by atomic mass is 35.5. The van der Waals surface area contributed by atoms with Crippen molar-refractivity contribution >= 4 is 40.4 Å². The number of thiophene rings is 1. The molecule has 1 aromatic carbocycles. The molecule has 0 aliphatic heterocycles. The van der Waals surface area contributed by atoms with Gasteiger partial charge >= 0.3 is 0 Å². The molecule has 0 spiro atoms. The number of H-pyrrole nitrogens is 1. The molecule has 0 amide bonds. The van der Waals surface area contributed by atoms with E-state index in [1.807, 2.05) is 0 Å². The van der Waals surface area contributed by atoms with Gasteiger partial charge in [0.05, 0.1) is 15.6 Å². The van der Waals surface area contributed by atoms with Crippen LogP contribution in [0.15, 0.2) is 30.3 Å². The predicted molar refractivity (Wildman–Crippen MR) is 81.7 cm³/mol. The van der Waals surface area contributed by atoms with Gasteiger partial charge in [-0.05, 0) is 23.8 Å².